The van der Waals surface area contributed by atoms with E-state index in [0.717, 1.165) is 11.3 Å². The summed E-state index contributed by atoms with van der Waals surface area (Å²) in [6, 6.07) is 12.2. The van der Waals surface area contributed by atoms with Crippen LogP contribution in [0.5, 0.6) is 11.5 Å². The van der Waals surface area contributed by atoms with Gasteiger partial charge in [-0.05, 0) is 24.3 Å². The third-order valence-corrected chi connectivity index (χ3v) is 3.00. The van der Waals surface area contributed by atoms with E-state index in [2.05, 4.69) is 4.98 Å². The molecule has 1 aromatic carbocycles. The first-order chi connectivity index (χ1) is 9.22. The number of halogens is 1. The molecular formula is C14H11ClN2O2. The van der Waals surface area contributed by atoms with Crippen LogP contribution in [0.3, 0.4) is 0 Å². The quantitative estimate of drug-likeness (QED) is 0.746. The van der Waals surface area contributed by atoms with Gasteiger partial charge in [0.1, 0.15) is 28.9 Å². The number of phenols is 1. The number of ether oxygens (including phenoxy) is 1. The van der Waals surface area contributed by atoms with Crippen LogP contribution in [-0.2, 0) is 6.61 Å². The number of rotatable bonds is 3. The minimum atomic E-state index is 0.176. The molecule has 0 atom stereocenters. The number of aromatic hydroxyl groups is 1. The zero-order valence-electron chi connectivity index (χ0n) is 9.95. The Hall–Kier alpha value is -2.20. The molecular weight excluding hydrogens is 264 g/mol. The van der Waals surface area contributed by atoms with E-state index in [0.29, 0.717) is 17.5 Å². The van der Waals surface area contributed by atoms with Crippen molar-refractivity contribution in [3.8, 4) is 11.5 Å². The zero-order valence-corrected chi connectivity index (χ0v) is 10.7. The van der Waals surface area contributed by atoms with Gasteiger partial charge in [0.25, 0.3) is 0 Å². The second kappa shape index (κ2) is 4.82. The van der Waals surface area contributed by atoms with Crippen LogP contribution in [0.2, 0.25) is 5.15 Å². The fourth-order valence-corrected chi connectivity index (χ4v) is 2.04. The first-order valence-electron chi connectivity index (χ1n) is 5.77. The molecule has 0 aliphatic carbocycles. The molecule has 0 amide bonds. The monoisotopic (exact) mass is 274 g/mol. The van der Waals surface area contributed by atoms with E-state index in [1.54, 1.807) is 34.7 Å². The van der Waals surface area contributed by atoms with E-state index in [-0.39, 0.29) is 5.75 Å². The molecule has 2 aromatic heterocycles. The molecule has 0 aliphatic heterocycles. The summed E-state index contributed by atoms with van der Waals surface area (Å²) in [5.74, 6) is 0.777. The highest BCUT2D eigenvalue weighted by molar-refractivity contribution is 6.29. The molecule has 1 N–H and O–H groups in total. The fourth-order valence-electron chi connectivity index (χ4n) is 1.83. The molecule has 0 unspecified atom stereocenters. The number of imidazole rings is 1. The van der Waals surface area contributed by atoms with Gasteiger partial charge < -0.3 is 9.84 Å². The van der Waals surface area contributed by atoms with Crippen molar-refractivity contribution in [1.29, 1.82) is 0 Å². The lowest BCUT2D eigenvalue weighted by Gasteiger charge is -2.03. The van der Waals surface area contributed by atoms with E-state index < -0.39 is 0 Å². The number of fused-ring (bicyclic) bond motifs is 1. The Bertz CT molecular complexity index is 724. The van der Waals surface area contributed by atoms with Crippen molar-refractivity contribution in [2.75, 3.05) is 0 Å². The maximum atomic E-state index is 9.34. The summed E-state index contributed by atoms with van der Waals surface area (Å²) in [7, 11) is 0. The summed E-state index contributed by atoms with van der Waals surface area (Å²) in [4.78, 5) is 4.40. The maximum absolute atomic E-state index is 9.34. The second-order valence-electron chi connectivity index (χ2n) is 4.09. The van der Waals surface area contributed by atoms with E-state index in [4.69, 9.17) is 16.3 Å². The lowest BCUT2D eigenvalue weighted by atomic mass is 10.3. The second-order valence-corrected chi connectivity index (χ2v) is 4.48. The fraction of sp³-hybridized carbons (Fsp3) is 0.0714. The number of hydrogen-bond acceptors (Lipinski definition) is 3. The summed E-state index contributed by atoms with van der Waals surface area (Å²) in [5, 5.41) is 9.95. The van der Waals surface area contributed by atoms with Gasteiger partial charge in [0.15, 0.2) is 0 Å². The Kier molecular flexibility index (Phi) is 3.01. The van der Waals surface area contributed by atoms with Gasteiger partial charge in [-0.1, -0.05) is 23.7 Å². The van der Waals surface area contributed by atoms with Crippen LogP contribution in [0.1, 0.15) is 5.69 Å². The largest absolute Gasteiger partial charge is 0.508 e. The van der Waals surface area contributed by atoms with Crippen LogP contribution < -0.4 is 4.74 Å². The average Bonchev–Trinajstić information content (AvgIpc) is 2.81. The van der Waals surface area contributed by atoms with Crippen molar-refractivity contribution in [2.45, 2.75) is 6.61 Å². The van der Waals surface area contributed by atoms with Crippen molar-refractivity contribution in [3.63, 3.8) is 0 Å². The third kappa shape index (κ3) is 2.48. The summed E-state index contributed by atoms with van der Waals surface area (Å²) in [5.41, 5.74) is 1.55. The summed E-state index contributed by atoms with van der Waals surface area (Å²) < 4.78 is 7.36. The van der Waals surface area contributed by atoms with Gasteiger partial charge in [0, 0.05) is 12.3 Å². The topological polar surface area (TPSA) is 46.8 Å². The molecule has 3 aromatic rings. The van der Waals surface area contributed by atoms with Gasteiger partial charge in [-0.15, -0.1) is 0 Å². The molecule has 0 saturated heterocycles. The van der Waals surface area contributed by atoms with Crippen LogP contribution in [0, 0.1) is 0 Å². The lowest BCUT2D eigenvalue weighted by molar-refractivity contribution is 0.300. The minimum absolute atomic E-state index is 0.176. The lowest BCUT2D eigenvalue weighted by Crippen LogP contribution is -1.95. The highest BCUT2D eigenvalue weighted by Crippen LogP contribution is 2.19. The SMILES string of the molecule is Oc1cccc(OCc2cn3c(Cl)cccc3n2)c1. The average molecular weight is 275 g/mol. The van der Waals surface area contributed by atoms with Crippen molar-refractivity contribution in [3.05, 3.63) is 59.5 Å². The molecule has 96 valence electrons. The molecule has 0 spiro atoms. The molecule has 0 fully saturated rings. The van der Waals surface area contributed by atoms with Gasteiger partial charge in [0.05, 0.1) is 5.69 Å². The molecule has 0 aliphatic rings. The highest BCUT2D eigenvalue weighted by atomic mass is 35.5. The molecule has 4 nitrogen and oxygen atoms in total. The van der Waals surface area contributed by atoms with Crippen molar-refractivity contribution in [1.82, 2.24) is 9.38 Å². The normalized spacial score (nSPS) is 10.8. The maximum Gasteiger partial charge on any atom is 0.138 e. The number of hydrogen-bond donors (Lipinski definition) is 1. The smallest absolute Gasteiger partial charge is 0.138 e. The summed E-state index contributed by atoms with van der Waals surface area (Å²) in [6.45, 7) is 0.321. The molecule has 0 bridgehead atoms. The summed E-state index contributed by atoms with van der Waals surface area (Å²) in [6.07, 6.45) is 1.83. The number of pyridine rings is 1. The van der Waals surface area contributed by atoms with Crippen LogP contribution in [0.25, 0.3) is 5.65 Å². The number of aromatic nitrogens is 2. The van der Waals surface area contributed by atoms with Gasteiger partial charge in [0.2, 0.25) is 0 Å². The molecule has 0 radical (unpaired) electrons. The Morgan fingerprint density at radius 1 is 1.21 bits per heavy atom. The van der Waals surface area contributed by atoms with E-state index in [9.17, 15) is 5.11 Å². The Morgan fingerprint density at radius 3 is 2.84 bits per heavy atom. The standard InChI is InChI=1S/C14H11ClN2O2/c15-13-5-2-6-14-16-10(8-17(13)14)9-19-12-4-1-3-11(18)7-12/h1-8,18H,9H2. The Morgan fingerprint density at radius 2 is 2.05 bits per heavy atom. The minimum Gasteiger partial charge on any atom is -0.508 e. The predicted octanol–water partition coefficient (Wildman–Crippen LogP) is 3.27. The Labute approximate surface area is 114 Å². The van der Waals surface area contributed by atoms with Gasteiger partial charge in [-0.25, -0.2) is 4.98 Å². The number of phenolic OH excluding ortho intramolecular Hbond substituents is 1. The van der Waals surface area contributed by atoms with Crippen LogP contribution in [-0.4, -0.2) is 14.5 Å². The van der Waals surface area contributed by atoms with Crippen molar-refractivity contribution < 1.29 is 9.84 Å². The van der Waals surface area contributed by atoms with Gasteiger partial charge >= 0.3 is 0 Å². The van der Waals surface area contributed by atoms with Crippen LogP contribution in [0.4, 0.5) is 0 Å². The predicted molar refractivity (Wildman–Crippen MR) is 72.6 cm³/mol. The van der Waals surface area contributed by atoms with Crippen LogP contribution >= 0.6 is 11.6 Å². The molecule has 19 heavy (non-hydrogen) atoms. The first-order valence-corrected chi connectivity index (χ1v) is 6.14. The highest BCUT2D eigenvalue weighted by Gasteiger charge is 2.04. The number of nitrogens with zero attached hydrogens (tertiary/aromatic N) is 2. The molecule has 2 heterocycles. The third-order valence-electron chi connectivity index (χ3n) is 2.70. The molecule has 0 saturated carbocycles. The van der Waals surface area contributed by atoms with Crippen LogP contribution in [0.15, 0.2) is 48.7 Å². The van der Waals surface area contributed by atoms with Crippen molar-refractivity contribution >= 4 is 17.2 Å². The molecule has 3 rings (SSSR count). The Balaban J connectivity index is 1.80. The zero-order chi connectivity index (χ0) is 13.2. The first kappa shape index (κ1) is 11.9. The molecule has 5 heteroatoms. The van der Waals surface area contributed by atoms with Gasteiger partial charge in [-0.2, -0.15) is 0 Å². The van der Waals surface area contributed by atoms with E-state index in [1.807, 2.05) is 18.3 Å². The van der Waals surface area contributed by atoms with Crippen molar-refractivity contribution in [2.24, 2.45) is 0 Å². The summed E-state index contributed by atoms with van der Waals surface area (Å²) >= 11 is 6.06. The van der Waals surface area contributed by atoms with E-state index >= 15 is 0 Å². The van der Waals surface area contributed by atoms with E-state index in [1.165, 1.54) is 0 Å². The number of benzene rings is 1. The van der Waals surface area contributed by atoms with Gasteiger partial charge in [-0.3, -0.25) is 4.40 Å².